The van der Waals surface area contributed by atoms with E-state index in [0.29, 0.717) is 18.7 Å². The van der Waals surface area contributed by atoms with E-state index in [0.717, 1.165) is 17.9 Å². The molecule has 2 heterocycles. The summed E-state index contributed by atoms with van der Waals surface area (Å²) in [5.74, 6) is -0.144. The van der Waals surface area contributed by atoms with Crippen molar-refractivity contribution in [3.63, 3.8) is 0 Å². The number of rotatable bonds is 2. The molecule has 0 spiro atoms. The van der Waals surface area contributed by atoms with Gasteiger partial charge in [-0.05, 0) is 13.0 Å². The summed E-state index contributed by atoms with van der Waals surface area (Å²) < 4.78 is 22.3. The smallest absolute Gasteiger partial charge is 0.254 e. The van der Waals surface area contributed by atoms with Gasteiger partial charge >= 0.3 is 0 Å². The first-order valence-electron chi connectivity index (χ1n) is 5.52. The first-order valence-corrected chi connectivity index (χ1v) is 7.94. The third kappa shape index (κ3) is 2.89. The van der Waals surface area contributed by atoms with Gasteiger partial charge < -0.3 is 10.2 Å². The van der Waals surface area contributed by atoms with Gasteiger partial charge in [0.1, 0.15) is 4.21 Å². The van der Waals surface area contributed by atoms with Crippen LogP contribution >= 0.6 is 11.3 Å². The van der Waals surface area contributed by atoms with E-state index in [2.05, 4.69) is 5.32 Å². The lowest BCUT2D eigenvalue weighted by atomic mass is 10.2. The predicted molar refractivity (Wildman–Crippen MR) is 69.1 cm³/mol. The number of nitrogens with zero attached hydrogens (tertiary/aromatic N) is 1. The summed E-state index contributed by atoms with van der Waals surface area (Å²) in [5, 5.41) is 9.80. The zero-order valence-corrected chi connectivity index (χ0v) is 11.6. The number of hydrogen-bond acceptors (Lipinski definition) is 5. The summed E-state index contributed by atoms with van der Waals surface area (Å²) >= 11 is 0.974. The van der Waals surface area contributed by atoms with E-state index in [-0.39, 0.29) is 16.2 Å². The molecule has 1 fully saturated rings. The molecule has 0 unspecified atom stereocenters. The number of piperazine rings is 1. The van der Waals surface area contributed by atoms with Gasteiger partial charge in [0.25, 0.3) is 5.91 Å². The number of carbonyl (C=O) groups excluding carboxylic acids is 1. The quantitative estimate of drug-likeness (QED) is 0.790. The molecule has 100 valence electrons. The van der Waals surface area contributed by atoms with Gasteiger partial charge in [-0.2, -0.15) is 0 Å². The second kappa shape index (κ2) is 4.96. The molecule has 8 heteroatoms. The highest BCUT2D eigenvalue weighted by molar-refractivity contribution is 7.91. The molecule has 0 aromatic carbocycles. The highest BCUT2D eigenvalue weighted by Crippen LogP contribution is 2.20. The van der Waals surface area contributed by atoms with E-state index < -0.39 is 10.0 Å². The molecule has 1 amide bonds. The van der Waals surface area contributed by atoms with E-state index in [1.807, 2.05) is 6.92 Å². The summed E-state index contributed by atoms with van der Waals surface area (Å²) in [6.07, 6.45) is 0. The number of hydrogen-bond donors (Lipinski definition) is 2. The molecule has 1 aromatic rings. The molecule has 6 nitrogen and oxygen atoms in total. The Balaban J connectivity index is 2.16. The van der Waals surface area contributed by atoms with Gasteiger partial charge in [-0.25, -0.2) is 13.6 Å². The fourth-order valence-electron chi connectivity index (χ4n) is 1.88. The largest absolute Gasteiger partial charge is 0.336 e. The summed E-state index contributed by atoms with van der Waals surface area (Å²) in [5.41, 5.74) is 0.387. The van der Waals surface area contributed by atoms with Crippen LogP contribution in [0.15, 0.2) is 15.7 Å². The molecule has 18 heavy (non-hydrogen) atoms. The molecule has 1 aliphatic heterocycles. The standard InChI is InChI=1S/C10H15N3O3S2/c1-7-5-13(3-2-12-7)10(14)8-4-9(17-6-8)18(11,15)16/h4,6-7,12H,2-3,5H2,1H3,(H2,11,15,16)/t7-/m0/s1. The van der Waals surface area contributed by atoms with Gasteiger partial charge in [-0.1, -0.05) is 0 Å². The molecular formula is C10H15N3O3S2. The first-order chi connectivity index (χ1) is 8.38. The number of nitrogens with two attached hydrogens (primary N) is 1. The van der Waals surface area contributed by atoms with Gasteiger partial charge in [0.05, 0.1) is 5.56 Å². The van der Waals surface area contributed by atoms with Crippen molar-refractivity contribution in [3.05, 3.63) is 17.0 Å². The van der Waals surface area contributed by atoms with Crippen molar-refractivity contribution in [1.29, 1.82) is 0 Å². The predicted octanol–water partition coefficient (Wildman–Crippen LogP) is -0.171. The minimum absolute atomic E-state index is 0.0223. The van der Waals surface area contributed by atoms with Crippen LogP contribution in [-0.2, 0) is 10.0 Å². The van der Waals surface area contributed by atoms with Crippen LogP contribution in [0.25, 0.3) is 0 Å². The molecular weight excluding hydrogens is 274 g/mol. The Morgan fingerprint density at radius 2 is 2.33 bits per heavy atom. The van der Waals surface area contributed by atoms with Crippen molar-refractivity contribution in [3.8, 4) is 0 Å². The zero-order chi connectivity index (χ0) is 13.3. The van der Waals surface area contributed by atoms with Crippen LogP contribution in [0.2, 0.25) is 0 Å². The van der Waals surface area contributed by atoms with Gasteiger partial charge in [0.2, 0.25) is 10.0 Å². The highest BCUT2D eigenvalue weighted by atomic mass is 32.2. The van der Waals surface area contributed by atoms with Crippen LogP contribution in [0, 0.1) is 0 Å². The Bertz CT molecular complexity index is 552. The number of nitrogens with one attached hydrogen (secondary N) is 1. The minimum atomic E-state index is -3.72. The Labute approximate surface area is 110 Å². The van der Waals surface area contributed by atoms with Gasteiger partial charge in [0, 0.05) is 31.1 Å². The van der Waals surface area contributed by atoms with Crippen LogP contribution < -0.4 is 10.5 Å². The molecule has 0 saturated carbocycles. The van der Waals surface area contributed by atoms with Crippen molar-refractivity contribution < 1.29 is 13.2 Å². The molecule has 2 rings (SSSR count). The molecule has 1 atom stereocenters. The fraction of sp³-hybridized carbons (Fsp3) is 0.500. The second-order valence-corrected chi connectivity index (χ2v) is 7.01. The lowest BCUT2D eigenvalue weighted by Gasteiger charge is -2.31. The Morgan fingerprint density at radius 1 is 1.61 bits per heavy atom. The molecule has 1 aliphatic rings. The molecule has 0 bridgehead atoms. The average molecular weight is 289 g/mol. The molecule has 1 saturated heterocycles. The average Bonchev–Trinajstić information content (AvgIpc) is 2.77. The van der Waals surface area contributed by atoms with Crippen molar-refractivity contribution in [2.75, 3.05) is 19.6 Å². The molecule has 0 radical (unpaired) electrons. The maximum Gasteiger partial charge on any atom is 0.254 e. The second-order valence-electron chi connectivity index (χ2n) is 4.31. The third-order valence-corrected chi connectivity index (χ3v) is 5.14. The Kier molecular flexibility index (Phi) is 3.71. The third-order valence-electron chi connectivity index (χ3n) is 2.76. The van der Waals surface area contributed by atoms with Crippen molar-refractivity contribution >= 4 is 27.3 Å². The maximum absolute atomic E-state index is 12.2. The van der Waals surface area contributed by atoms with Crippen LogP contribution in [0.1, 0.15) is 17.3 Å². The van der Waals surface area contributed by atoms with Gasteiger partial charge in [-0.15, -0.1) is 11.3 Å². The monoisotopic (exact) mass is 289 g/mol. The Morgan fingerprint density at radius 3 is 2.89 bits per heavy atom. The number of carbonyl (C=O) groups is 1. The first kappa shape index (κ1) is 13.5. The van der Waals surface area contributed by atoms with Crippen molar-refractivity contribution in [2.45, 2.75) is 17.2 Å². The minimum Gasteiger partial charge on any atom is -0.336 e. The van der Waals surface area contributed by atoms with E-state index >= 15 is 0 Å². The van der Waals surface area contributed by atoms with E-state index in [4.69, 9.17) is 5.14 Å². The highest BCUT2D eigenvalue weighted by Gasteiger charge is 2.23. The van der Waals surface area contributed by atoms with E-state index in [1.165, 1.54) is 11.4 Å². The number of sulfonamides is 1. The molecule has 0 aliphatic carbocycles. The summed E-state index contributed by atoms with van der Waals surface area (Å²) in [6, 6.07) is 1.59. The number of thiophene rings is 1. The van der Waals surface area contributed by atoms with E-state index in [1.54, 1.807) is 4.90 Å². The number of primary sulfonamides is 1. The molecule has 3 N–H and O–H groups in total. The molecule has 1 aromatic heterocycles. The van der Waals surface area contributed by atoms with Crippen LogP contribution in [0.5, 0.6) is 0 Å². The lowest BCUT2D eigenvalue weighted by Crippen LogP contribution is -2.51. The Hall–Kier alpha value is -0.960. The van der Waals surface area contributed by atoms with Crippen molar-refractivity contribution in [1.82, 2.24) is 10.2 Å². The van der Waals surface area contributed by atoms with Gasteiger partial charge in [0.15, 0.2) is 0 Å². The van der Waals surface area contributed by atoms with Crippen LogP contribution in [-0.4, -0.2) is 44.9 Å². The summed E-state index contributed by atoms with van der Waals surface area (Å²) in [4.78, 5) is 13.9. The summed E-state index contributed by atoms with van der Waals surface area (Å²) in [6.45, 7) is 4.00. The number of amides is 1. The van der Waals surface area contributed by atoms with Crippen LogP contribution in [0.4, 0.5) is 0 Å². The SMILES string of the molecule is C[C@H]1CN(C(=O)c2csc(S(N)(=O)=O)c2)CCN1. The topological polar surface area (TPSA) is 92.5 Å². The van der Waals surface area contributed by atoms with Crippen LogP contribution in [0.3, 0.4) is 0 Å². The van der Waals surface area contributed by atoms with E-state index in [9.17, 15) is 13.2 Å². The maximum atomic E-state index is 12.2. The lowest BCUT2D eigenvalue weighted by molar-refractivity contribution is 0.0709. The normalized spacial score (nSPS) is 21.0. The van der Waals surface area contributed by atoms with Crippen molar-refractivity contribution in [2.24, 2.45) is 5.14 Å². The van der Waals surface area contributed by atoms with Gasteiger partial charge in [-0.3, -0.25) is 4.79 Å². The fourth-order valence-corrected chi connectivity index (χ4v) is 3.46. The zero-order valence-electron chi connectivity index (χ0n) is 9.92. The summed E-state index contributed by atoms with van der Waals surface area (Å²) in [7, 11) is -3.72.